The first kappa shape index (κ1) is 5.72. The third-order valence-corrected chi connectivity index (χ3v) is 2.16. The van der Waals surface area contributed by atoms with Gasteiger partial charge in [0.05, 0.1) is 0 Å². The highest BCUT2D eigenvalue weighted by molar-refractivity contribution is 5.57. The zero-order valence-electron chi connectivity index (χ0n) is 6.09. The lowest BCUT2D eigenvalue weighted by atomic mass is 10.0. The van der Waals surface area contributed by atoms with Gasteiger partial charge in [-0.3, -0.25) is 0 Å². The van der Waals surface area contributed by atoms with Crippen LogP contribution in [-0.4, -0.2) is 0 Å². The Balaban J connectivity index is 2.54. The molecule has 0 amide bonds. The largest absolute Gasteiger partial charge is 0.0915 e. The van der Waals surface area contributed by atoms with E-state index in [-0.39, 0.29) is 0 Å². The van der Waals surface area contributed by atoms with Gasteiger partial charge in [0.1, 0.15) is 0 Å². The third kappa shape index (κ3) is 0.563. The van der Waals surface area contributed by atoms with Crippen molar-refractivity contribution in [1.29, 1.82) is 0 Å². The van der Waals surface area contributed by atoms with Crippen molar-refractivity contribution in [3.63, 3.8) is 0 Å². The van der Waals surface area contributed by atoms with Crippen molar-refractivity contribution < 1.29 is 0 Å². The molecule has 0 N–H and O–H groups in total. The van der Waals surface area contributed by atoms with Crippen molar-refractivity contribution in [2.24, 2.45) is 5.92 Å². The molecule has 0 spiro atoms. The molecule has 0 nitrogen and oxygen atoms in total. The third-order valence-electron chi connectivity index (χ3n) is 2.16. The summed E-state index contributed by atoms with van der Waals surface area (Å²) < 4.78 is 0. The Labute approximate surface area is 61.3 Å². The van der Waals surface area contributed by atoms with Gasteiger partial charge in [-0.05, 0) is 23.6 Å². The molecule has 0 heterocycles. The standard InChI is InChI=1S/C10H10/c1-7-3-5-9-6-4-8(2)10(7)9/h3-6,9H,1H2,2H3. The van der Waals surface area contributed by atoms with E-state index in [0.717, 1.165) is 0 Å². The number of hydrogen-bond acceptors (Lipinski definition) is 0. The minimum atomic E-state index is 0.549. The fourth-order valence-corrected chi connectivity index (χ4v) is 1.63. The van der Waals surface area contributed by atoms with Crippen molar-refractivity contribution in [2.45, 2.75) is 6.92 Å². The van der Waals surface area contributed by atoms with E-state index < -0.39 is 0 Å². The summed E-state index contributed by atoms with van der Waals surface area (Å²) in [7, 11) is 0. The normalized spacial score (nSPS) is 28.5. The molecule has 0 radical (unpaired) electrons. The van der Waals surface area contributed by atoms with Crippen LogP contribution in [0.3, 0.4) is 0 Å². The molecule has 1 atom stereocenters. The highest BCUT2D eigenvalue weighted by atomic mass is 14.2. The molecule has 10 heavy (non-hydrogen) atoms. The maximum absolute atomic E-state index is 3.96. The van der Waals surface area contributed by atoms with E-state index in [1.807, 2.05) is 0 Å². The van der Waals surface area contributed by atoms with Crippen LogP contribution in [0.5, 0.6) is 0 Å². The van der Waals surface area contributed by atoms with Crippen LogP contribution < -0.4 is 0 Å². The molecule has 0 aromatic carbocycles. The van der Waals surface area contributed by atoms with E-state index in [2.05, 4.69) is 37.8 Å². The molecule has 2 aliphatic carbocycles. The predicted octanol–water partition coefficient (Wildman–Crippen LogP) is 2.61. The summed E-state index contributed by atoms with van der Waals surface area (Å²) in [4.78, 5) is 0. The highest BCUT2D eigenvalue weighted by Crippen LogP contribution is 2.36. The lowest BCUT2D eigenvalue weighted by Gasteiger charge is -2.01. The molecule has 0 aromatic heterocycles. The SMILES string of the molecule is C=C1C=CC2C=CC(C)=C12. The molecule has 0 saturated heterocycles. The fraction of sp³-hybridized carbons (Fsp3) is 0.200. The Kier molecular flexibility index (Phi) is 0.986. The Hall–Kier alpha value is -1.04. The molecule has 0 bridgehead atoms. The number of allylic oxidation sites excluding steroid dienone is 7. The Morgan fingerprint density at radius 1 is 1.30 bits per heavy atom. The highest BCUT2D eigenvalue weighted by Gasteiger charge is 2.21. The van der Waals surface area contributed by atoms with Crippen LogP contribution in [0.2, 0.25) is 0 Å². The molecular weight excluding hydrogens is 120 g/mol. The smallest absolute Gasteiger partial charge is 0.0213 e. The van der Waals surface area contributed by atoms with Gasteiger partial charge >= 0.3 is 0 Å². The summed E-state index contributed by atoms with van der Waals surface area (Å²) in [6.07, 6.45) is 8.70. The second kappa shape index (κ2) is 1.72. The van der Waals surface area contributed by atoms with Crippen LogP contribution in [0.1, 0.15) is 6.92 Å². The summed E-state index contributed by atoms with van der Waals surface area (Å²) >= 11 is 0. The molecule has 0 aliphatic heterocycles. The second-order valence-electron chi connectivity index (χ2n) is 2.87. The van der Waals surface area contributed by atoms with Crippen LogP contribution >= 0.6 is 0 Å². The van der Waals surface area contributed by atoms with Crippen LogP contribution in [0.15, 0.2) is 47.6 Å². The number of fused-ring (bicyclic) bond motifs is 1. The predicted molar refractivity (Wildman–Crippen MR) is 43.6 cm³/mol. The number of hydrogen-bond donors (Lipinski definition) is 0. The second-order valence-corrected chi connectivity index (χ2v) is 2.87. The number of rotatable bonds is 0. The summed E-state index contributed by atoms with van der Waals surface area (Å²) in [6.45, 7) is 6.11. The van der Waals surface area contributed by atoms with Gasteiger partial charge in [0, 0.05) is 5.92 Å². The first-order valence-corrected chi connectivity index (χ1v) is 3.55. The summed E-state index contributed by atoms with van der Waals surface area (Å²) in [6, 6.07) is 0. The maximum atomic E-state index is 3.96. The van der Waals surface area contributed by atoms with Crippen molar-refractivity contribution in [2.75, 3.05) is 0 Å². The van der Waals surface area contributed by atoms with Crippen LogP contribution in [0.25, 0.3) is 0 Å². The molecular formula is C10H10. The summed E-state index contributed by atoms with van der Waals surface area (Å²) in [5, 5.41) is 0. The van der Waals surface area contributed by atoms with Crippen molar-refractivity contribution in [3.8, 4) is 0 Å². The minimum absolute atomic E-state index is 0.549. The molecule has 0 saturated carbocycles. The van der Waals surface area contributed by atoms with E-state index in [4.69, 9.17) is 0 Å². The minimum Gasteiger partial charge on any atom is -0.0915 e. The van der Waals surface area contributed by atoms with E-state index in [9.17, 15) is 0 Å². The zero-order chi connectivity index (χ0) is 7.14. The lowest BCUT2D eigenvalue weighted by molar-refractivity contribution is 1.05. The average Bonchev–Trinajstić information content (AvgIpc) is 2.40. The molecule has 2 aliphatic rings. The topological polar surface area (TPSA) is 0 Å². The fourth-order valence-electron chi connectivity index (χ4n) is 1.63. The van der Waals surface area contributed by atoms with Crippen molar-refractivity contribution in [1.82, 2.24) is 0 Å². The van der Waals surface area contributed by atoms with Crippen LogP contribution in [-0.2, 0) is 0 Å². The quantitative estimate of drug-likeness (QED) is 0.473. The Morgan fingerprint density at radius 2 is 2.00 bits per heavy atom. The zero-order valence-corrected chi connectivity index (χ0v) is 6.09. The molecule has 0 aromatic rings. The monoisotopic (exact) mass is 130 g/mol. The Bertz CT molecular complexity index is 274. The van der Waals surface area contributed by atoms with Gasteiger partial charge in [0.2, 0.25) is 0 Å². The van der Waals surface area contributed by atoms with Gasteiger partial charge in [-0.15, -0.1) is 0 Å². The lowest BCUT2D eigenvalue weighted by Crippen LogP contribution is -1.88. The maximum Gasteiger partial charge on any atom is 0.0213 e. The first-order chi connectivity index (χ1) is 4.79. The van der Waals surface area contributed by atoms with E-state index in [1.54, 1.807) is 0 Å². The summed E-state index contributed by atoms with van der Waals surface area (Å²) in [5.74, 6) is 0.549. The van der Waals surface area contributed by atoms with Gasteiger partial charge < -0.3 is 0 Å². The molecule has 0 heteroatoms. The molecule has 0 fully saturated rings. The van der Waals surface area contributed by atoms with Crippen LogP contribution in [0, 0.1) is 5.92 Å². The molecule has 2 rings (SSSR count). The van der Waals surface area contributed by atoms with E-state index in [0.29, 0.717) is 5.92 Å². The molecule has 50 valence electrons. The van der Waals surface area contributed by atoms with Gasteiger partial charge in [0.25, 0.3) is 0 Å². The summed E-state index contributed by atoms with van der Waals surface area (Å²) in [5.41, 5.74) is 3.98. The van der Waals surface area contributed by atoms with Crippen LogP contribution in [0.4, 0.5) is 0 Å². The first-order valence-electron chi connectivity index (χ1n) is 3.55. The Morgan fingerprint density at radius 3 is 2.70 bits per heavy atom. The van der Waals surface area contributed by atoms with Gasteiger partial charge in [0.15, 0.2) is 0 Å². The van der Waals surface area contributed by atoms with Crippen molar-refractivity contribution in [3.05, 3.63) is 47.6 Å². The molecule has 1 unspecified atom stereocenters. The average molecular weight is 130 g/mol. The van der Waals surface area contributed by atoms with E-state index >= 15 is 0 Å². The van der Waals surface area contributed by atoms with Gasteiger partial charge in [-0.2, -0.15) is 0 Å². The van der Waals surface area contributed by atoms with Crippen molar-refractivity contribution >= 4 is 0 Å². The van der Waals surface area contributed by atoms with Gasteiger partial charge in [-0.25, -0.2) is 0 Å². The van der Waals surface area contributed by atoms with Gasteiger partial charge in [-0.1, -0.05) is 30.9 Å². The van der Waals surface area contributed by atoms with E-state index in [1.165, 1.54) is 16.7 Å².